The molecular weight excluding hydrogens is 220 g/mol. The Morgan fingerprint density at radius 3 is 2.62 bits per heavy atom. The van der Waals surface area contributed by atoms with Gasteiger partial charge in [-0.25, -0.2) is 8.78 Å². The second-order valence-corrected chi connectivity index (χ2v) is 3.12. The van der Waals surface area contributed by atoms with Gasteiger partial charge in [0.05, 0.1) is 25.3 Å². The summed E-state index contributed by atoms with van der Waals surface area (Å²) < 4.78 is 31.1. The van der Waals surface area contributed by atoms with E-state index in [0.717, 1.165) is 6.07 Å². The van der Waals surface area contributed by atoms with Gasteiger partial charge in [0.1, 0.15) is 5.82 Å². The van der Waals surface area contributed by atoms with Gasteiger partial charge < -0.3 is 15.6 Å². The van der Waals surface area contributed by atoms with Crippen LogP contribution >= 0.6 is 0 Å². The number of Topliss-reactive ketones (excluding diaryl/α,β-unsaturated/α-hetero) is 1. The van der Waals surface area contributed by atoms with Crippen LogP contribution in [0.25, 0.3) is 0 Å². The minimum atomic E-state index is -1.26. The number of hydrogen-bond donors (Lipinski definition) is 2. The van der Waals surface area contributed by atoms with Gasteiger partial charge in [-0.1, -0.05) is 0 Å². The molecule has 1 aromatic carbocycles. The number of carbonyl (C=O) groups is 1. The van der Waals surface area contributed by atoms with Crippen LogP contribution in [-0.4, -0.2) is 30.6 Å². The molecule has 0 heterocycles. The predicted molar refractivity (Wildman–Crippen MR) is 52.3 cm³/mol. The van der Waals surface area contributed by atoms with Crippen LogP contribution in [0.4, 0.5) is 8.78 Å². The van der Waals surface area contributed by atoms with Crippen molar-refractivity contribution in [2.45, 2.75) is 6.04 Å². The van der Waals surface area contributed by atoms with Crippen molar-refractivity contribution in [3.05, 3.63) is 29.3 Å². The van der Waals surface area contributed by atoms with Gasteiger partial charge in [-0.05, 0) is 6.07 Å². The molecule has 1 aromatic rings. The average molecular weight is 231 g/mol. The molecule has 0 saturated heterocycles. The molecule has 1 atom stereocenters. The highest BCUT2D eigenvalue weighted by molar-refractivity contribution is 6.00. The number of rotatable bonds is 4. The predicted octanol–water partition coefficient (Wildman–Crippen LogP) is 0.476. The van der Waals surface area contributed by atoms with Gasteiger partial charge in [0.2, 0.25) is 0 Å². The molecule has 0 aliphatic carbocycles. The minimum absolute atomic E-state index is 0.299. The van der Waals surface area contributed by atoms with Gasteiger partial charge in [0.15, 0.2) is 17.3 Å². The molecule has 3 N–H and O–H groups in total. The molecule has 0 saturated carbocycles. The average Bonchev–Trinajstić information content (AvgIpc) is 2.29. The molecule has 0 bridgehead atoms. The molecule has 88 valence electrons. The van der Waals surface area contributed by atoms with Gasteiger partial charge in [-0.2, -0.15) is 0 Å². The molecule has 4 nitrogen and oxygen atoms in total. The third kappa shape index (κ3) is 2.34. The van der Waals surface area contributed by atoms with Crippen molar-refractivity contribution in [1.29, 1.82) is 0 Å². The summed E-state index contributed by atoms with van der Waals surface area (Å²) >= 11 is 0. The standard InChI is InChI=1S/C10H11F2NO3/c1-16-9-3-6(11)5(2-7(9)12)10(15)8(13)4-14/h2-3,8,14H,4,13H2,1H3. The lowest BCUT2D eigenvalue weighted by atomic mass is 10.0. The smallest absolute Gasteiger partial charge is 0.184 e. The Bertz CT molecular complexity index is 409. The van der Waals surface area contributed by atoms with Crippen LogP contribution in [0, 0.1) is 11.6 Å². The number of benzene rings is 1. The van der Waals surface area contributed by atoms with E-state index in [9.17, 15) is 13.6 Å². The highest BCUT2D eigenvalue weighted by Crippen LogP contribution is 2.21. The molecule has 16 heavy (non-hydrogen) atoms. The molecule has 6 heteroatoms. The van der Waals surface area contributed by atoms with Crippen molar-refractivity contribution < 1.29 is 23.4 Å². The topological polar surface area (TPSA) is 72.5 Å². The molecule has 0 fully saturated rings. The largest absolute Gasteiger partial charge is 0.494 e. The van der Waals surface area contributed by atoms with Crippen molar-refractivity contribution >= 4 is 5.78 Å². The van der Waals surface area contributed by atoms with Crippen LogP contribution < -0.4 is 10.5 Å². The lowest BCUT2D eigenvalue weighted by Crippen LogP contribution is -2.34. The molecule has 0 spiro atoms. The van der Waals surface area contributed by atoms with Crippen molar-refractivity contribution in [2.75, 3.05) is 13.7 Å². The van der Waals surface area contributed by atoms with Gasteiger partial charge in [-0.15, -0.1) is 0 Å². The molecule has 0 aromatic heterocycles. The third-order valence-corrected chi connectivity index (χ3v) is 2.04. The third-order valence-electron chi connectivity index (χ3n) is 2.04. The maximum Gasteiger partial charge on any atom is 0.184 e. The Balaban J connectivity index is 3.16. The van der Waals surface area contributed by atoms with Crippen LogP contribution in [0.3, 0.4) is 0 Å². The minimum Gasteiger partial charge on any atom is -0.494 e. The molecule has 0 aliphatic rings. The maximum atomic E-state index is 13.4. The van der Waals surface area contributed by atoms with E-state index < -0.39 is 35.6 Å². The Labute approximate surface area is 90.6 Å². The van der Waals surface area contributed by atoms with E-state index in [1.54, 1.807) is 0 Å². The van der Waals surface area contributed by atoms with Crippen LogP contribution in [0.15, 0.2) is 12.1 Å². The summed E-state index contributed by atoms with van der Waals surface area (Å²) in [6.45, 7) is -0.633. The SMILES string of the molecule is COc1cc(F)c(C(=O)C(N)CO)cc1F. The lowest BCUT2D eigenvalue weighted by Gasteiger charge is -2.09. The van der Waals surface area contributed by atoms with E-state index >= 15 is 0 Å². The van der Waals surface area contributed by atoms with Crippen LogP contribution in [0.1, 0.15) is 10.4 Å². The van der Waals surface area contributed by atoms with E-state index in [1.165, 1.54) is 7.11 Å². The highest BCUT2D eigenvalue weighted by atomic mass is 19.1. The zero-order chi connectivity index (χ0) is 12.3. The zero-order valence-corrected chi connectivity index (χ0v) is 8.54. The van der Waals surface area contributed by atoms with Gasteiger partial charge in [-0.3, -0.25) is 4.79 Å². The number of hydrogen-bond acceptors (Lipinski definition) is 4. The number of aliphatic hydroxyl groups is 1. The number of ether oxygens (including phenoxy) is 1. The van der Waals surface area contributed by atoms with Gasteiger partial charge in [0.25, 0.3) is 0 Å². The van der Waals surface area contributed by atoms with E-state index in [0.29, 0.717) is 6.07 Å². The van der Waals surface area contributed by atoms with E-state index in [1.807, 2.05) is 0 Å². The number of halogens is 2. The summed E-state index contributed by atoms with van der Waals surface area (Å²) in [5.41, 5.74) is 4.72. The summed E-state index contributed by atoms with van der Waals surface area (Å²) in [4.78, 5) is 11.4. The Kier molecular flexibility index (Phi) is 3.92. The number of nitrogens with two attached hydrogens (primary N) is 1. The fourth-order valence-electron chi connectivity index (χ4n) is 1.16. The molecule has 1 unspecified atom stereocenters. The molecule has 1 rings (SSSR count). The van der Waals surface area contributed by atoms with Crippen LogP contribution in [0.2, 0.25) is 0 Å². The molecule has 0 aliphatic heterocycles. The van der Waals surface area contributed by atoms with E-state index in [4.69, 9.17) is 10.8 Å². The Morgan fingerprint density at radius 1 is 1.50 bits per heavy atom. The first-order valence-electron chi connectivity index (χ1n) is 4.45. The van der Waals surface area contributed by atoms with Crippen LogP contribution in [0.5, 0.6) is 5.75 Å². The fraction of sp³-hybridized carbons (Fsp3) is 0.300. The van der Waals surface area contributed by atoms with Gasteiger partial charge >= 0.3 is 0 Å². The second-order valence-electron chi connectivity index (χ2n) is 3.12. The number of methoxy groups -OCH3 is 1. The zero-order valence-electron chi connectivity index (χ0n) is 8.54. The lowest BCUT2D eigenvalue weighted by molar-refractivity contribution is 0.0920. The first kappa shape index (κ1) is 12.5. The summed E-state index contributed by atoms with van der Waals surface area (Å²) in [7, 11) is 1.18. The summed E-state index contributed by atoms with van der Waals surface area (Å²) in [6.07, 6.45) is 0. The van der Waals surface area contributed by atoms with Crippen molar-refractivity contribution in [3.63, 3.8) is 0 Å². The van der Waals surface area contributed by atoms with Crippen molar-refractivity contribution in [1.82, 2.24) is 0 Å². The second kappa shape index (κ2) is 5.00. The quantitative estimate of drug-likeness (QED) is 0.739. The van der Waals surface area contributed by atoms with Crippen LogP contribution in [-0.2, 0) is 0 Å². The highest BCUT2D eigenvalue weighted by Gasteiger charge is 2.21. The Hall–Kier alpha value is -1.53. The fourth-order valence-corrected chi connectivity index (χ4v) is 1.16. The Morgan fingerprint density at radius 2 is 2.12 bits per heavy atom. The first-order chi connectivity index (χ1) is 7.51. The summed E-state index contributed by atoms with van der Waals surface area (Å²) in [6, 6.07) is 0.195. The molecule has 0 radical (unpaired) electrons. The molecular formula is C10H11F2NO3. The maximum absolute atomic E-state index is 13.4. The van der Waals surface area contributed by atoms with Crippen molar-refractivity contribution in [2.24, 2.45) is 5.73 Å². The number of aliphatic hydroxyl groups excluding tert-OH is 1. The summed E-state index contributed by atoms with van der Waals surface area (Å²) in [5.74, 6) is -2.96. The molecule has 0 amide bonds. The van der Waals surface area contributed by atoms with Crippen molar-refractivity contribution in [3.8, 4) is 5.75 Å². The first-order valence-corrected chi connectivity index (χ1v) is 4.45. The van der Waals surface area contributed by atoms with Gasteiger partial charge in [0, 0.05) is 6.07 Å². The number of ketones is 1. The monoisotopic (exact) mass is 231 g/mol. The van der Waals surface area contributed by atoms with E-state index in [2.05, 4.69) is 4.74 Å². The van der Waals surface area contributed by atoms with E-state index in [-0.39, 0.29) is 5.75 Å². The number of carbonyl (C=O) groups excluding carboxylic acids is 1. The normalized spacial score (nSPS) is 12.3. The summed E-state index contributed by atoms with van der Waals surface area (Å²) in [5, 5.41) is 8.64.